The zero-order chi connectivity index (χ0) is 48.3. The third-order valence-corrected chi connectivity index (χ3v) is 135. The first-order valence-electron chi connectivity index (χ1n) is 22.7. The maximum absolute atomic E-state index is 7.00. The van der Waals surface area contributed by atoms with E-state index in [1.807, 2.05) is 0 Å². The van der Waals surface area contributed by atoms with Crippen molar-refractivity contribution in [3.05, 3.63) is 60.7 Å². The molecule has 0 spiro atoms. The lowest BCUT2D eigenvalue weighted by molar-refractivity contribution is 0.321. The van der Waals surface area contributed by atoms with Crippen molar-refractivity contribution in [3.8, 4) is 0 Å². The van der Waals surface area contributed by atoms with Crippen molar-refractivity contribution in [2.75, 3.05) is 26.7 Å². The van der Waals surface area contributed by atoms with E-state index in [1.165, 1.54) is 32.5 Å². The van der Waals surface area contributed by atoms with Crippen molar-refractivity contribution in [1.82, 2.24) is 4.90 Å². The summed E-state index contributed by atoms with van der Waals surface area (Å²) in [6.45, 7) is 77.0. The molecule has 0 amide bonds. The first kappa shape index (κ1) is 67.2. The second kappa shape index (κ2) is 28.6. The molecule has 0 aromatic heterocycles. The van der Waals surface area contributed by atoms with E-state index >= 15 is 0 Å². The molecule has 0 saturated carbocycles. The maximum Gasteiger partial charge on any atom is 0.0992 e. The quantitative estimate of drug-likeness (QED) is 0.160. The zero-order valence-corrected chi connectivity index (χ0v) is 57.5. The average molecular weight is 1030 g/mol. The van der Waals surface area contributed by atoms with Crippen LogP contribution >= 0.6 is 20.8 Å². The monoisotopic (exact) mass is 1020 g/mol. The highest BCUT2D eigenvalue weighted by atomic mass is 31.8. The van der Waals surface area contributed by atoms with Crippen molar-refractivity contribution in [1.29, 1.82) is 0 Å². The molecule has 2 aromatic rings. The lowest BCUT2D eigenvalue weighted by Crippen LogP contribution is -2.51. The van der Waals surface area contributed by atoms with Crippen LogP contribution in [0.5, 0.6) is 0 Å². The first-order chi connectivity index (χ1) is 26.0. The highest BCUT2D eigenvalue weighted by Gasteiger charge is 2.48. The van der Waals surface area contributed by atoms with Crippen LogP contribution in [0.1, 0.15) is 20.8 Å². The molecule has 0 aliphatic heterocycles. The fraction of sp³-hybridized carbons (Fsp3) is 0.733. The number of rotatable bonds is 13. The van der Waals surface area contributed by atoms with Gasteiger partial charge in [0.2, 0.25) is 0 Å². The third kappa shape index (κ3) is 32.8. The molecule has 1 N–H and O–H groups in total. The average Bonchev–Trinajstić information content (AvgIpc) is 2.99. The lowest BCUT2D eigenvalue weighted by atomic mass is 10.4. The minimum atomic E-state index is -1.29. The van der Waals surface area contributed by atoms with Crippen molar-refractivity contribution < 1.29 is 5.11 Å². The topological polar surface area (TPSA) is 23.5 Å². The summed E-state index contributed by atoms with van der Waals surface area (Å²) in [6.07, 6.45) is 0. The van der Waals surface area contributed by atoms with E-state index in [-0.39, 0.29) is 6.57 Å². The Morgan fingerprint density at radius 2 is 0.627 bits per heavy atom. The molecule has 0 saturated heterocycles. The fourth-order valence-corrected chi connectivity index (χ4v) is 193. The highest BCUT2D eigenvalue weighted by molar-refractivity contribution is 8.38. The van der Waals surface area contributed by atoms with Gasteiger partial charge in [-0.3, -0.25) is 0 Å². The number of benzene rings is 2. The number of hydrogen-bond acceptors (Lipinski definition) is 2. The van der Waals surface area contributed by atoms with Gasteiger partial charge in [-0.2, -0.15) is 0 Å². The van der Waals surface area contributed by atoms with Gasteiger partial charge in [0.25, 0.3) is 0 Å². The Bertz CT molecular complexity index is 1260. The molecular weight excluding hydrogens is 916 g/mol. The van der Waals surface area contributed by atoms with Gasteiger partial charge in [-0.05, 0) is 19.6 Å². The SMILES string of the molecule is CCN(CC)CC.CO.C[Si](C)(C)P([Si](C)(C)C)[Si](C)(C)C.C[Si](C)(C)P([Si](C)(C)C)[Si](C)(C)c1ccccc1.C[Si](C)(C)P[Si](C)(C)C.C[Si](C)(C)c1ccccc1. The molecule has 2 aromatic carbocycles. The molecular formula is C45H108NOP3Si9. The van der Waals surface area contributed by atoms with Gasteiger partial charge in [0.05, 0.1) is 70.0 Å². The van der Waals surface area contributed by atoms with E-state index in [4.69, 9.17) is 5.11 Å². The number of aliphatic hydroxyl groups is 1. The van der Waals surface area contributed by atoms with Crippen LogP contribution in [0.2, 0.25) is 170 Å². The van der Waals surface area contributed by atoms with Crippen molar-refractivity contribution in [3.63, 3.8) is 0 Å². The van der Waals surface area contributed by atoms with Crippen LogP contribution in [0.25, 0.3) is 0 Å². The third-order valence-electron chi connectivity index (χ3n) is 9.12. The van der Waals surface area contributed by atoms with Gasteiger partial charge in [0, 0.05) is 7.11 Å². The second-order valence-corrected chi connectivity index (χ2v) is 117. The van der Waals surface area contributed by atoms with Gasteiger partial charge in [0.15, 0.2) is 0 Å². The molecule has 0 atom stereocenters. The lowest BCUT2D eigenvalue weighted by Gasteiger charge is -2.49. The highest BCUT2D eigenvalue weighted by Crippen LogP contribution is 2.62. The first-order valence-corrected chi connectivity index (χ1v) is 64.4. The summed E-state index contributed by atoms with van der Waals surface area (Å²) in [7, 11) is -6.11. The molecule has 0 aliphatic carbocycles. The molecule has 0 radical (unpaired) electrons. The summed E-state index contributed by atoms with van der Waals surface area (Å²) in [6, 6.07) is 22.2. The van der Waals surface area contributed by atoms with Crippen molar-refractivity contribution >= 4 is 101 Å². The van der Waals surface area contributed by atoms with Crippen LogP contribution in [-0.2, 0) is 0 Å². The summed E-state index contributed by atoms with van der Waals surface area (Å²) in [5.74, 6) is 0. The van der Waals surface area contributed by atoms with Crippen molar-refractivity contribution in [2.45, 2.75) is 191 Å². The predicted molar refractivity (Wildman–Crippen MR) is 320 cm³/mol. The van der Waals surface area contributed by atoms with Crippen LogP contribution in [0, 0.1) is 0 Å². The summed E-state index contributed by atoms with van der Waals surface area (Å²) in [5, 5.41) is 10.2. The second-order valence-electron chi connectivity index (χ2n) is 24.3. The summed E-state index contributed by atoms with van der Waals surface area (Å²) >= 11 is 0. The van der Waals surface area contributed by atoms with Gasteiger partial charge in [-0.1, -0.05) is 262 Å². The van der Waals surface area contributed by atoms with E-state index < -0.39 is 70.0 Å². The molecule has 0 heterocycles. The van der Waals surface area contributed by atoms with Gasteiger partial charge in [-0.15, -0.1) is 20.8 Å². The van der Waals surface area contributed by atoms with Gasteiger partial charge >= 0.3 is 0 Å². The molecule has 14 heteroatoms. The number of aliphatic hydroxyl groups excluding tert-OH is 1. The van der Waals surface area contributed by atoms with Gasteiger partial charge < -0.3 is 10.0 Å². The van der Waals surface area contributed by atoms with E-state index in [2.05, 4.69) is 257 Å². The molecule has 2 nitrogen and oxygen atoms in total. The molecule has 350 valence electrons. The smallest absolute Gasteiger partial charge is 0.0992 e. The summed E-state index contributed by atoms with van der Waals surface area (Å²) in [5.41, 5.74) is 0. The minimum Gasteiger partial charge on any atom is -0.400 e. The number of nitrogens with zero attached hydrogens (tertiary/aromatic N) is 1. The molecule has 0 unspecified atom stereocenters. The Labute approximate surface area is 386 Å². The Balaban J connectivity index is -0.000000329. The van der Waals surface area contributed by atoms with E-state index in [0.29, 0.717) is 6.57 Å². The van der Waals surface area contributed by atoms with E-state index in [9.17, 15) is 0 Å². The van der Waals surface area contributed by atoms with Crippen LogP contribution in [0.4, 0.5) is 0 Å². The van der Waals surface area contributed by atoms with E-state index in [0.717, 1.165) is 7.11 Å². The molecule has 0 bridgehead atoms. The van der Waals surface area contributed by atoms with E-state index in [1.54, 1.807) is 5.19 Å². The Kier molecular flexibility index (Phi) is 32.6. The molecule has 2 rings (SSSR count). The normalized spacial score (nSPS) is 13.1. The van der Waals surface area contributed by atoms with Crippen LogP contribution in [0.15, 0.2) is 60.7 Å². The zero-order valence-electron chi connectivity index (χ0n) is 45.7. The Morgan fingerprint density at radius 3 is 0.746 bits per heavy atom. The van der Waals surface area contributed by atoms with Crippen LogP contribution < -0.4 is 10.4 Å². The molecule has 59 heavy (non-hydrogen) atoms. The predicted octanol–water partition coefficient (Wildman–Crippen LogP) is 16.7. The van der Waals surface area contributed by atoms with Gasteiger partial charge in [-0.25, -0.2) is 0 Å². The largest absolute Gasteiger partial charge is 0.400 e. The Hall–Kier alpha value is 1.60. The number of hydrogen-bond donors (Lipinski definition) is 1. The van der Waals surface area contributed by atoms with Gasteiger partial charge in [0.1, 0.15) is 0 Å². The standard InChI is InChI=1S/C14H29PSi3.C9H27PSi3.C9H14Si.C6H15N.C6H19PSi2.CH4O/c1-16(2,3)15(17(4,5)6)18(7,8)14-12-10-9-11-13-14;1-11(2,3)10(12(4,5)6)13(7,8)9;1-10(2,3)9-7-5-4-6-8-9;1-4-7(5-2)6-3;1-8(2,3)7-9(4,5)6;1-2/h9-13H,1-8H3;1-9H3;4-8H,1-3H3;4-6H2,1-3H3;7H,1-6H3;2H,1H3. The van der Waals surface area contributed by atoms with Crippen molar-refractivity contribution in [2.24, 2.45) is 0 Å². The van der Waals surface area contributed by atoms with Crippen LogP contribution in [-0.4, -0.2) is 107 Å². The van der Waals surface area contributed by atoms with Crippen LogP contribution in [0.3, 0.4) is 0 Å². The summed E-state index contributed by atoms with van der Waals surface area (Å²) in [4.78, 5) is 2.38. The summed E-state index contributed by atoms with van der Waals surface area (Å²) < 4.78 is 0. The molecule has 0 fully saturated rings. The molecule has 0 aliphatic rings. The fourth-order valence-electron chi connectivity index (χ4n) is 9.41. The maximum atomic E-state index is 7.00. The minimum absolute atomic E-state index is 0.254. The Morgan fingerprint density at radius 1 is 0.390 bits per heavy atom.